The monoisotopic (exact) mass is 536 g/mol. The van der Waals surface area contributed by atoms with Crippen LogP contribution in [0.3, 0.4) is 0 Å². The largest absolute Gasteiger partial charge is 0.348 e. The average molecular weight is 537 g/mol. The Morgan fingerprint density at radius 3 is 2.08 bits per heavy atom. The number of carbonyl (C=O) groups excluding carboxylic acids is 2. The van der Waals surface area contributed by atoms with Crippen molar-refractivity contribution in [3.8, 4) is 0 Å². The van der Waals surface area contributed by atoms with Gasteiger partial charge in [0, 0.05) is 6.54 Å². The van der Waals surface area contributed by atoms with E-state index in [2.05, 4.69) is 82.7 Å². The first-order valence-electron chi connectivity index (χ1n) is 14.9. The van der Waals surface area contributed by atoms with E-state index >= 15 is 0 Å². The third-order valence-electron chi connectivity index (χ3n) is 9.06. The van der Waals surface area contributed by atoms with Crippen LogP contribution in [0.4, 0.5) is 0 Å². The molecular formula is C34H40N4O2. The highest BCUT2D eigenvalue weighted by Gasteiger charge is 2.32. The van der Waals surface area contributed by atoms with Gasteiger partial charge in [-0.2, -0.15) is 0 Å². The minimum Gasteiger partial charge on any atom is -0.348 e. The van der Waals surface area contributed by atoms with E-state index in [0.717, 1.165) is 57.1 Å². The number of hydrogen-bond donors (Lipinski definition) is 4. The van der Waals surface area contributed by atoms with Crippen molar-refractivity contribution in [2.45, 2.75) is 81.5 Å². The molecule has 3 aromatic rings. The van der Waals surface area contributed by atoms with Gasteiger partial charge < -0.3 is 21.7 Å². The molecule has 0 aromatic heterocycles. The Hall–Kier alpha value is -3.48. The summed E-state index contributed by atoms with van der Waals surface area (Å²) in [5.41, 5.74) is 13.8. The molecule has 2 unspecified atom stereocenters. The number of amides is 2. The molecule has 40 heavy (non-hydrogen) atoms. The molecule has 5 N–H and O–H groups in total. The predicted octanol–water partition coefficient (Wildman–Crippen LogP) is 4.39. The van der Waals surface area contributed by atoms with Crippen molar-refractivity contribution in [2.75, 3.05) is 6.54 Å². The number of fused-ring (bicyclic) bond motifs is 2. The van der Waals surface area contributed by atoms with Crippen LogP contribution in [0.1, 0.15) is 83.5 Å². The second-order valence-electron chi connectivity index (χ2n) is 11.8. The van der Waals surface area contributed by atoms with Crippen LogP contribution < -0.4 is 21.7 Å². The molecule has 3 aromatic carbocycles. The third-order valence-corrected chi connectivity index (χ3v) is 9.06. The van der Waals surface area contributed by atoms with Crippen LogP contribution >= 0.6 is 0 Å². The van der Waals surface area contributed by atoms with Gasteiger partial charge in [0.25, 0.3) is 0 Å². The van der Waals surface area contributed by atoms with Gasteiger partial charge in [-0.3, -0.25) is 9.59 Å². The van der Waals surface area contributed by atoms with Gasteiger partial charge in [-0.15, -0.1) is 0 Å². The van der Waals surface area contributed by atoms with Gasteiger partial charge in [0.15, 0.2) is 0 Å². The summed E-state index contributed by atoms with van der Waals surface area (Å²) in [5.74, 6) is 0.283. The van der Waals surface area contributed by atoms with Crippen molar-refractivity contribution in [2.24, 2.45) is 5.73 Å². The van der Waals surface area contributed by atoms with Crippen LogP contribution in [0.25, 0.3) is 0 Å². The molecule has 0 spiro atoms. The van der Waals surface area contributed by atoms with Crippen molar-refractivity contribution in [3.63, 3.8) is 0 Å². The molecule has 1 aliphatic heterocycles. The number of aryl methyl sites for hydroxylation is 2. The Kier molecular flexibility index (Phi) is 7.98. The first kappa shape index (κ1) is 26.7. The van der Waals surface area contributed by atoms with E-state index in [-0.39, 0.29) is 35.9 Å². The molecule has 3 aliphatic rings. The van der Waals surface area contributed by atoms with Crippen molar-refractivity contribution in [1.82, 2.24) is 16.0 Å². The fraction of sp³-hybridized carbons (Fsp3) is 0.412. The summed E-state index contributed by atoms with van der Waals surface area (Å²) in [7, 11) is 0. The van der Waals surface area contributed by atoms with Gasteiger partial charge in [-0.1, -0.05) is 72.8 Å². The Morgan fingerprint density at radius 2 is 1.43 bits per heavy atom. The predicted molar refractivity (Wildman–Crippen MR) is 158 cm³/mol. The summed E-state index contributed by atoms with van der Waals surface area (Å²) in [6, 6.07) is 24.6. The molecule has 5 atom stereocenters. The summed E-state index contributed by atoms with van der Waals surface area (Å²) in [6.07, 6.45) is 7.56. The van der Waals surface area contributed by atoms with E-state index in [1.165, 1.54) is 27.8 Å². The van der Waals surface area contributed by atoms with E-state index in [1.807, 2.05) is 6.07 Å². The quantitative estimate of drug-likeness (QED) is 0.360. The minimum absolute atomic E-state index is 0.0405. The number of hydrogen-bond acceptors (Lipinski definition) is 4. The molecule has 1 heterocycles. The lowest BCUT2D eigenvalue weighted by Gasteiger charge is -2.27. The Labute approximate surface area is 237 Å². The summed E-state index contributed by atoms with van der Waals surface area (Å²) in [6.45, 7) is 0.781. The standard InChI is InChI=1S/C34H40N4O2/c35-29(33(39)37-30-13-5-9-24-7-1-3-11-27(24)30)19-22-15-17-23(18-16-22)26-20-32(36-21-26)34(40)38-31-14-6-10-25-8-2-4-12-28(25)31/h1-4,7-8,11-12,15-18,26,29-32,36H,5-6,9-10,13-14,19-21,35H2,(H,37,39)(H,38,40)/t26-,29-,30?,31?,32-/m0/s1. The molecular weight excluding hydrogens is 496 g/mol. The maximum absolute atomic E-state index is 13.1. The van der Waals surface area contributed by atoms with Gasteiger partial charge in [0.1, 0.15) is 0 Å². The highest BCUT2D eigenvalue weighted by Crippen LogP contribution is 2.32. The zero-order valence-corrected chi connectivity index (χ0v) is 23.1. The lowest BCUT2D eigenvalue weighted by Crippen LogP contribution is -2.44. The SMILES string of the molecule is N[C@@H](Cc1ccc([C@@H]2CN[C@H](C(=O)NC3CCCc4ccccc43)C2)cc1)C(=O)NC1CCCc2ccccc21. The number of nitrogens with one attached hydrogen (secondary N) is 3. The van der Waals surface area contributed by atoms with Gasteiger partial charge in [-0.05, 0) is 90.7 Å². The zero-order chi connectivity index (χ0) is 27.5. The summed E-state index contributed by atoms with van der Waals surface area (Å²) in [4.78, 5) is 26.1. The fourth-order valence-corrected chi connectivity index (χ4v) is 6.82. The smallest absolute Gasteiger partial charge is 0.237 e. The van der Waals surface area contributed by atoms with Gasteiger partial charge in [0.2, 0.25) is 11.8 Å². The van der Waals surface area contributed by atoms with Crippen molar-refractivity contribution in [1.29, 1.82) is 0 Å². The maximum atomic E-state index is 13.1. The minimum atomic E-state index is -0.592. The topological polar surface area (TPSA) is 96.2 Å². The van der Waals surface area contributed by atoms with E-state index < -0.39 is 6.04 Å². The number of benzene rings is 3. The summed E-state index contributed by atoms with van der Waals surface area (Å²) < 4.78 is 0. The highest BCUT2D eigenvalue weighted by atomic mass is 16.2. The molecule has 2 aliphatic carbocycles. The van der Waals surface area contributed by atoms with Crippen LogP contribution in [0, 0.1) is 0 Å². The van der Waals surface area contributed by atoms with Crippen LogP contribution in [-0.4, -0.2) is 30.4 Å². The molecule has 0 saturated carbocycles. The van der Waals surface area contributed by atoms with Crippen LogP contribution in [-0.2, 0) is 28.9 Å². The molecule has 1 saturated heterocycles. The summed E-state index contributed by atoms with van der Waals surface area (Å²) in [5, 5.41) is 9.94. The molecule has 0 radical (unpaired) electrons. The number of rotatable bonds is 7. The van der Waals surface area contributed by atoms with Crippen molar-refractivity contribution >= 4 is 11.8 Å². The van der Waals surface area contributed by atoms with Gasteiger partial charge in [-0.25, -0.2) is 0 Å². The van der Waals surface area contributed by atoms with Crippen molar-refractivity contribution in [3.05, 3.63) is 106 Å². The van der Waals surface area contributed by atoms with E-state index in [0.29, 0.717) is 6.42 Å². The zero-order valence-electron chi connectivity index (χ0n) is 23.1. The highest BCUT2D eigenvalue weighted by molar-refractivity contribution is 5.83. The van der Waals surface area contributed by atoms with Crippen LogP contribution in [0.5, 0.6) is 0 Å². The molecule has 6 rings (SSSR count). The van der Waals surface area contributed by atoms with E-state index in [4.69, 9.17) is 5.73 Å². The maximum Gasteiger partial charge on any atom is 0.237 e. The van der Waals surface area contributed by atoms with Gasteiger partial charge >= 0.3 is 0 Å². The fourth-order valence-electron chi connectivity index (χ4n) is 6.82. The van der Waals surface area contributed by atoms with E-state index in [9.17, 15) is 9.59 Å². The second-order valence-corrected chi connectivity index (χ2v) is 11.8. The molecule has 0 bridgehead atoms. The second kappa shape index (κ2) is 11.9. The molecule has 2 amide bonds. The van der Waals surface area contributed by atoms with Gasteiger partial charge in [0.05, 0.1) is 24.2 Å². The lowest BCUT2D eigenvalue weighted by atomic mass is 9.87. The molecule has 6 nitrogen and oxygen atoms in total. The van der Waals surface area contributed by atoms with Crippen molar-refractivity contribution < 1.29 is 9.59 Å². The lowest BCUT2D eigenvalue weighted by molar-refractivity contribution is -0.124. The first-order valence-corrected chi connectivity index (χ1v) is 14.9. The molecule has 6 heteroatoms. The van der Waals surface area contributed by atoms with Crippen LogP contribution in [0.15, 0.2) is 72.8 Å². The van der Waals surface area contributed by atoms with E-state index in [1.54, 1.807) is 0 Å². The number of nitrogens with two attached hydrogens (primary N) is 1. The molecule has 208 valence electrons. The molecule has 1 fully saturated rings. The Bertz CT molecular complexity index is 1350. The average Bonchev–Trinajstić information content (AvgIpc) is 3.49. The summed E-state index contributed by atoms with van der Waals surface area (Å²) >= 11 is 0. The number of carbonyl (C=O) groups is 2. The third kappa shape index (κ3) is 5.84. The normalized spacial score (nSPS) is 24.4. The van der Waals surface area contributed by atoms with Crippen LogP contribution in [0.2, 0.25) is 0 Å². The Balaban J connectivity index is 1.01. The Morgan fingerprint density at radius 1 is 0.825 bits per heavy atom. The first-order chi connectivity index (χ1) is 19.5.